The molecule has 10 heteroatoms. The van der Waals surface area contributed by atoms with Gasteiger partial charge in [0.2, 0.25) is 11.8 Å². The molecule has 0 aliphatic heterocycles. The van der Waals surface area contributed by atoms with Gasteiger partial charge in [-0.15, -0.1) is 0 Å². The predicted molar refractivity (Wildman–Crippen MR) is 134 cm³/mol. The SMILES string of the molecule is C[C@@H](N[C@@H](CCc1ccccc1)C(=O)N[C@@H](CCC[NH+]=C(N)N)C(=O)Nc1ccccc1)C(=O)O. The number of amides is 2. The molecule has 2 aromatic carbocycles. The van der Waals surface area contributed by atoms with Crippen molar-refractivity contribution in [2.24, 2.45) is 11.5 Å². The van der Waals surface area contributed by atoms with Crippen molar-refractivity contribution in [3.63, 3.8) is 0 Å². The molecule has 10 nitrogen and oxygen atoms in total. The van der Waals surface area contributed by atoms with Gasteiger partial charge in [0.05, 0.1) is 12.6 Å². The summed E-state index contributed by atoms with van der Waals surface area (Å²) in [6.45, 7) is 1.91. The molecule has 0 saturated heterocycles. The third kappa shape index (κ3) is 10.3. The summed E-state index contributed by atoms with van der Waals surface area (Å²) < 4.78 is 0. The minimum atomic E-state index is -1.07. The molecule has 0 bridgehead atoms. The van der Waals surface area contributed by atoms with Gasteiger partial charge in [0.15, 0.2) is 0 Å². The maximum atomic E-state index is 13.2. The Morgan fingerprint density at radius 3 is 2.14 bits per heavy atom. The molecule has 0 heterocycles. The predicted octanol–water partition coefficient (Wildman–Crippen LogP) is -0.692. The molecular formula is C25H35N6O4+. The Hall–Kier alpha value is -3.92. The van der Waals surface area contributed by atoms with Crippen LogP contribution in [0.4, 0.5) is 5.69 Å². The first-order valence-electron chi connectivity index (χ1n) is 11.6. The fourth-order valence-corrected chi connectivity index (χ4v) is 3.45. The summed E-state index contributed by atoms with van der Waals surface area (Å²) in [5, 5.41) is 17.8. The standard InChI is InChI=1S/C25H34N6O4/c1-17(24(34)35)29-21(15-14-18-9-4-2-5-10-18)23(33)31-20(13-8-16-28-25(26)27)22(32)30-19-11-6-3-7-12-19/h2-7,9-12,17,20-21,29H,8,13-16H2,1H3,(H,30,32)(H,31,33)(H,34,35)(H4,26,27,28)/p+1/t17-,20+,21+/m1/s1. The molecule has 188 valence electrons. The van der Waals surface area contributed by atoms with Crippen LogP contribution in [-0.4, -0.2) is 53.5 Å². The molecule has 3 atom stereocenters. The van der Waals surface area contributed by atoms with E-state index in [0.717, 1.165) is 5.56 Å². The van der Waals surface area contributed by atoms with Crippen LogP contribution in [0.1, 0.15) is 31.7 Å². The Morgan fingerprint density at radius 1 is 0.914 bits per heavy atom. The van der Waals surface area contributed by atoms with Gasteiger partial charge in [-0.3, -0.25) is 36.2 Å². The first-order valence-corrected chi connectivity index (χ1v) is 11.6. The fraction of sp³-hybridized carbons (Fsp3) is 0.360. The highest BCUT2D eigenvalue weighted by atomic mass is 16.4. The topological polar surface area (TPSA) is 174 Å². The number of guanidine groups is 1. The third-order valence-corrected chi connectivity index (χ3v) is 5.38. The highest BCUT2D eigenvalue weighted by Gasteiger charge is 2.27. The molecule has 0 aliphatic rings. The summed E-state index contributed by atoms with van der Waals surface area (Å²) in [4.78, 5) is 40.4. The van der Waals surface area contributed by atoms with E-state index in [1.807, 2.05) is 36.4 Å². The molecule has 35 heavy (non-hydrogen) atoms. The van der Waals surface area contributed by atoms with E-state index in [0.29, 0.717) is 37.9 Å². The molecule has 0 aromatic heterocycles. The Morgan fingerprint density at radius 2 is 1.54 bits per heavy atom. The minimum Gasteiger partial charge on any atom is -0.480 e. The average molecular weight is 484 g/mol. The number of aryl methyl sites for hydroxylation is 1. The van der Waals surface area contributed by atoms with Crippen molar-refractivity contribution in [3.8, 4) is 0 Å². The Labute approximate surface area is 205 Å². The van der Waals surface area contributed by atoms with Crippen molar-refractivity contribution in [2.75, 3.05) is 11.9 Å². The monoisotopic (exact) mass is 483 g/mol. The molecular weight excluding hydrogens is 448 g/mol. The van der Waals surface area contributed by atoms with Crippen molar-refractivity contribution in [1.29, 1.82) is 0 Å². The zero-order valence-corrected chi connectivity index (χ0v) is 19.9. The van der Waals surface area contributed by atoms with Gasteiger partial charge in [-0.1, -0.05) is 48.5 Å². The Balaban J connectivity index is 2.13. The van der Waals surface area contributed by atoms with Gasteiger partial charge in [-0.2, -0.15) is 0 Å². The molecule has 0 fully saturated rings. The van der Waals surface area contributed by atoms with E-state index in [2.05, 4.69) is 20.9 Å². The molecule has 0 saturated carbocycles. The molecule has 0 spiro atoms. The van der Waals surface area contributed by atoms with E-state index in [4.69, 9.17) is 11.5 Å². The van der Waals surface area contributed by atoms with Crippen molar-refractivity contribution >= 4 is 29.4 Å². The highest BCUT2D eigenvalue weighted by Crippen LogP contribution is 2.10. The van der Waals surface area contributed by atoms with Crippen LogP contribution in [0.3, 0.4) is 0 Å². The van der Waals surface area contributed by atoms with Gasteiger partial charge in [0.25, 0.3) is 0 Å². The summed E-state index contributed by atoms with van der Waals surface area (Å²) in [7, 11) is 0. The fourth-order valence-electron chi connectivity index (χ4n) is 3.45. The molecule has 0 unspecified atom stereocenters. The van der Waals surface area contributed by atoms with Crippen molar-refractivity contribution in [3.05, 3.63) is 66.2 Å². The quantitative estimate of drug-likeness (QED) is 0.106. The number of carbonyl (C=O) groups excluding carboxylic acids is 2. The number of aliphatic carboxylic acids is 1. The molecule has 9 N–H and O–H groups in total. The first-order chi connectivity index (χ1) is 16.8. The number of carboxylic acids is 1. The second kappa shape index (κ2) is 14.4. The van der Waals surface area contributed by atoms with Gasteiger partial charge >= 0.3 is 11.9 Å². The third-order valence-electron chi connectivity index (χ3n) is 5.38. The summed E-state index contributed by atoms with van der Waals surface area (Å²) in [6, 6.07) is 15.9. The van der Waals surface area contributed by atoms with Crippen LogP contribution in [0, 0.1) is 0 Å². The lowest BCUT2D eigenvalue weighted by molar-refractivity contribution is -0.459. The lowest BCUT2D eigenvalue weighted by atomic mass is 10.0. The lowest BCUT2D eigenvalue weighted by Gasteiger charge is -2.24. The normalized spacial score (nSPS) is 13.2. The number of carboxylic acid groups (broad SMARTS) is 1. The van der Waals surface area contributed by atoms with E-state index in [9.17, 15) is 19.5 Å². The smallest absolute Gasteiger partial charge is 0.338 e. The zero-order valence-electron chi connectivity index (χ0n) is 19.9. The number of hydrogen-bond acceptors (Lipinski definition) is 4. The molecule has 0 aliphatic carbocycles. The number of hydrogen-bond donors (Lipinski definition) is 7. The van der Waals surface area contributed by atoms with Crippen molar-refractivity contribution in [2.45, 2.75) is 50.7 Å². The largest absolute Gasteiger partial charge is 0.480 e. The summed E-state index contributed by atoms with van der Waals surface area (Å²) in [6.07, 6.45) is 1.76. The van der Waals surface area contributed by atoms with Gasteiger partial charge in [-0.05, 0) is 50.3 Å². The highest BCUT2D eigenvalue weighted by molar-refractivity contribution is 5.97. The van der Waals surface area contributed by atoms with Gasteiger partial charge in [0.1, 0.15) is 12.1 Å². The van der Waals surface area contributed by atoms with Crippen molar-refractivity contribution in [1.82, 2.24) is 10.6 Å². The number of para-hydroxylation sites is 1. The summed E-state index contributed by atoms with van der Waals surface area (Å²) in [5.41, 5.74) is 12.5. The number of anilines is 1. The summed E-state index contributed by atoms with van der Waals surface area (Å²) in [5.74, 6) is -1.81. The number of nitrogens with one attached hydrogen (secondary N) is 4. The Bertz CT molecular complexity index is 980. The number of rotatable bonds is 14. The number of benzene rings is 2. The van der Waals surface area contributed by atoms with Gasteiger partial charge in [-0.25, -0.2) is 0 Å². The maximum absolute atomic E-state index is 13.2. The van der Waals surface area contributed by atoms with Gasteiger partial charge < -0.3 is 15.7 Å². The maximum Gasteiger partial charge on any atom is 0.338 e. The molecule has 2 aromatic rings. The van der Waals surface area contributed by atoms with E-state index < -0.39 is 30.0 Å². The first kappa shape index (κ1) is 27.3. The second-order valence-corrected chi connectivity index (χ2v) is 8.24. The van der Waals surface area contributed by atoms with Crippen LogP contribution in [0.2, 0.25) is 0 Å². The lowest BCUT2D eigenvalue weighted by Crippen LogP contribution is -2.78. The van der Waals surface area contributed by atoms with Crippen LogP contribution in [0.5, 0.6) is 0 Å². The van der Waals surface area contributed by atoms with Crippen LogP contribution in [-0.2, 0) is 20.8 Å². The van der Waals surface area contributed by atoms with E-state index >= 15 is 0 Å². The second-order valence-electron chi connectivity index (χ2n) is 8.24. The van der Waals surface area contributed by atoms with Crippen LogP contribution >= 0.6 is 0 Å². The van der Waals surface area contributed by atoms with Gasteiger partial charge in [0, 0.05) is 5.69 Å². The van der Waals surface area contributed by atoms with Crippen molar-refractivity contribution < 1.29 is 24.5 Å². The molecule has 2 rings (SSSR count). The molecule has 0 radical (unpaired) electrons. The number of nitrogens with two attached hydrogens (primary N) is 2. The van der Waals surface area contributed by atoms with E-state index in [1.165, 1.54) is 6.92 Å². The zero-order chi connectivity index (χ0) is 25.6. The Kier molecular flexibility index (Phi) is 11.2. The van der Waals surface area contributed by atoms with E-state index in [1.54, 1.807) is 24.3 Å². The number of carbonyl (C=O) groups is 3. The summed E-state index contributed by atoms with van der Waals surface area (Å²) >= 11 is 0. The van der Waals surface area contributed by atoms with Crippen LogP contribution < -0.4 is 32.4 Å². The average Bonchev–Trinajstić information content (AvgIpc) is 2.84. The van der Waals surface area contributed by atoms with Crippen LogP contribution in [0.15, 0.2) is 60.7 Å². The molecule has 2 amide bonds. The van der Waals surface area contributed by atoms with E-state index in [-0.39, 0.29) is 11.9 Å². The minimum absolute atomic E-state index is 0.0761. The van der Waals surface area contributed by atoms with Crippen LogP contribution in [0.25, 0.3) is 0 Å².